The quantitative estimate of drug-likeness (QED) is 0.111. The monoisotopic (exact) mass is 855 g/mol. The third-order valence-corrected chi connectivity index (χ3v) is 13.6. The number of likely N-dealkylation sites (N-methyl/N-ethyl adjacent to an activating group) is 1. The van der Waals surface area contributed by atoms with E-state index in [1.807, 2.05) is 58.0 Å². The van der Waals surface area contributed by atoms with Crippen LogP contribution in [0.5, 0.6) is 0 Å². The Bertz CT molecular complexity index is 1630. The molecule has 4 rings (SSSR count). The number of carboxylic acid groups (broad SMARTS) is 1. The number of rotatable bonds is 24. The molecule has 1 aliphatic carbocycles. The summed E-state index contributed by atoms with van der Waals surface area (Å²) in [5.41, 5.74) is 6.43. The van der Waals surface area contributed by atoms with Crippen LogP contribution in [0.25, 0.3) is 0 Å². The number of fused-ring (bicyclic) bond motifs is 2. The Kier molecular flexibility index (Phi) is 19.0. The summed E-state index contributed by atoms with van der Waals surface area (Å²) in [7, 11) is 4.73. The molecule has 0 aromatic heterocycles. The van der Waals surface area contributed by atoms with E-state index in [1.54, 1.807) is 28.7 Å². The zero-order chi connectivity index (χ0) is 45.0. The van der Waals surface area contributed by atoms with Crippen molar-refractivity contribution < 1.29 is 43.3 Å². The summed E-state index contributed by atoms with van der Waals surface area (Å²) in [5.74, 6) is -3.51. The van der Waals surface area contributed by atoms with Crippen LogP contribution < -0.4 is 16.4 Å². The van der Waals surface area contributed by atoms with Crippen molar-refractivity contribution in [2.75, 3.05) is 34.4 Å². The highest BCUT2D eigenvalue weighted by Crippen LogP contribution is 2.43. The van der Waals surface area contributed by atoms with Gasteiger partial charge in [-0.25, -0.2) is 4.79 Å². The Hall–Kier alpha value is -4.08. The predicted octanol–water partition coefficient (Wildman–Crippen LogP) is 3.76. The Balaban J connectivity index is 1.46. The van der Waals surface area contributed by atoms with Crippen LogP contribution in [0.15, 0.2) is 30.3 Å². The number of carbonyl (C=O) groups excluding carboxylic acids is 5. The van der Waals surface area contributed by atoms with E-state index in [2.05, 4.69) is 10.6 Å². The summed E-state index contributed by atoms with van der Waals surface area (Å²) < 4.78 is 11.9. The van der Waals surface area contributed by atoms with Gasteiger partial charge >= 0.3 is 5.97 Å². The fourth-order valence-electron chi connectivity index (χ4n) is 10.0. The Morgan fingerprint density at radius 2 is 1.64 bits per heavy atom. The Morgan fingerprint density at radius 3 is 2.25 bits per heavy atom. The standard InChI is InChI=1S/C46H74N6O9/c1-9-29(4)40(50(6)45(57)39(28(2)3)49-44(56)41-32-21-22-33(26-32)52(41)37(53)20-14-11-15-23-47)36(60-7)27-38(54)51-24-16-19-35(51)42(61-8)30(5)43(55)48-34(46(58)59)25-31-17-12-10-13-18-31/h10,12-13,17-18,28-30,32-36,39-42H,9,11,14-16,19-27,47H2,1-8H3,(H,48,55)(H,49,56)(H,58,59)/t29-,30+,32-,33+,34-,35-,36+,39-,40-,41-,42+/m0/s1. The summed E-state index contributed by atoms with van der Waals surface area (Å²) >= 11 is 0. The van der Waals surface area contributed by atoms with Gasteiger partial charge in [-0.2, -0.15) is 0 Å². The van der Waals surface area contributed by atoms with E-state index in [0.29, 0.717) is 38.8 Å². The number of amides is 5. The molecule has 1 aromatic rings. The topological polar surface area (TPSA) is 201 Å². The first-order chi connectivity index (χ1) is 29.1. The molecule has 1 aromatic carbocycles. The number of hydrogen-bond acceptors (Lipinski definition) is 9. The highest BCUT2D eigenvalue weighted by atomic mass is 16.5. The third kappa shape index (κ3) is 12.3. The van der Waals surface area contributed by atoms with Gasteiger partial charge in [0.05, 0.1) is 36.6 Å². The van der Waals surface area contributed by atoms with E-state index in [0.717, 1.165) is 44.1 Å². The molecule has 61 heavy (non-hydrogen) atoms. The first-order valence-corrected chi connectivity index (χ1v) is 22.6. The molecule has 5 N–H and O–H groups in total. The van der Waals surface area contributed by atoms with Crippen molar-refractivity contribution in [1.82, 2.24) is 25.3 Å². The van der Waals surface area contributed by atoms with Gasteiger partial charge in [-0.3, -0.25) is 24.0 Å². The van der Waals surface area contributed by atoms with Crippen molar-refractivity contribution in [2.24, 2.45) is 29.4 Å². The number of nitrogens with one attached hydrogen (secondary N) is 2. The fourth-order valence-corrected chi connectivity index (χ4v) is 10.0. The lowest BCUT2D eigenvalue weighted by Crippen LogP contribution is -2.60. The molecule has 2 bridgehead atoms. The summed E-state index contributed by atoms with van der Waals surface area (Å²) in [6.07, 6.45) is 6.00. The molecule has 5 amide bonds. The molecule has 15 heteroatoms. The van der Waals surface area contributed by atoms with E-state index in [4.69, 9.17) is 15.2 Å². The van der Waals surface area contributed by atoms with Crippen LogP contribution in [0.4, 0.5) is 0 Å². The number of piperidine rings is 1. The molecule has 11 atom stereocenters. The van der Waals surface area contributed by atoms with Crippen molar-refractivity contribution >= 4 is 35.5 Å². The molecule has 3 fully saturated rings. The van der Waals surface area contributed by atoms with Crippen molar-refractivity contribution in [3.8, 4) is 0 Å². The SMILES string of the molecule is CC[C@H](C)[C@@H]([C@@H](CC(=O)N1CCC[C@H]1[C@H](OC)[C@@H](C)C(=O)N[C@@H](Cc1ccccc1)C(=O)O)OC)N(C)C(=O)[C@@H](NC(=O)[C@@H]1[C@H]2CC[C@H](C2)N1C(=O)CCCCCN)C(C)C. The van der Waals surface area contributed by atoms with Crippen molar-refractivity contribution in [1.29, 1.82) is 0 Å². The maximum absolute atomic E-state index is 14.6. The molecule has 342 valence electrons. The van der Waals surface area contributed by atoms with Crippen LogP contribution >= 0.6 is 0 Å². The van der Waals surface area contributed by atoms with Crippen molar-refractivity contribution in [3.63, 3.8) is 0 Å². The average molecular weight is 855 g/mol. The van der Waals surface area contributed by atoms with Gasteiger partial charge in [-0.05, 0) is 74.8 Å². The molecule has 1 saturated carbocycles. The second-order valence-corrected chi connectivity index (χ2v) is 18.0. The molecule has 0 unspecified atom stereocenters. The smallest absolute Gasteiger partial charge is 0.326 e. The first kappa shape index (κ1) is 49.6. The van der Waals surface area contributed by atoms with Crippen molar-refractivity contribution in [2.45, 2.75) is 160 Å². The zero-order valence-electron chi connectivity index (χ0n) is 37.8. The van der Waals surface area contributed by atoms with Crippen LogP contribution in [-0.2, 0) is 44.7 Å². The molecule has 2 saturated heterocycles. The van der Waals surface area contributed by atoms with Gasteiger partial charge in [0.15, 0.2) is 0 Å². The van der Waals surface area contributed by atoms with E-state index < -0.39 is 60.2 Å². The molecule has 0 radical (unpaired) electrons. The van der Waals surface area contributed by atoms with Gasteiger partial charge in [-0.1, -0.05) is 77.8 Å². The highest BCUT2D eigenvalue weighted by molar-refractivity contribution is 5.93. The molecule has 0 spiro atoms. The van der Waals surface area contributed by atoms with Gasteiger partial charge in [0, 0.05) is 46.7 Å². The van der Waals surface area contributed by atoms with Gasteiger partial charge in [0.25, 0.3) is 0 Å². The van der Waals surface area contributed by atoms with E-state index >= 15 is 0 Å². The lowest BCUT2D eigenvalue weighted by molar-refractivity contribution is -0.149. The number of likely N-dealkylation sites (tertiary alicyclic amines) is 2. The summed E-state index contributed by atoms with van der Waals surface area (Å²) in [4.78, 5) is 87.3. The summed E-state index contributed by atoms with van der Waals surface area (Å²) in [5, 5.41) is 15.7. The van der Waals surface area contributed by atoms with E-state index in [9.17, 15) is 33.9 Å². The van der Waals surface area contributed by atoms with Gasteiger partial charge in [0.2, 0.25) is 29.5 Å². The van der Waals surface area contributed by atoms with Crippen LogP contribution in [0.3, 0.4) is 0 Å². The fraction of sp³-hybridized carbons (Fsp3) is 0.739. The maximum Gasteiger partial charge on any atom is 0.326 e. The Labute approximate surface area is 363 Å². The van der Waals surface area contributed by atoms with Crippen molar-refractivity contribution in [3.05, 3.63) is 35.9 Å². The number of unbranched alkanes of at least 4 members (excludes halogenated alkanes) is 2. The number of nitrogens with two attached hydrogens (primary N) is 1. The molecule has 3 aliphatic rings. The number of hydrogen-bond donors (Lipinski definition) is 4. The minimum absolute atomic E-state index is 0.0150. The number of benzene rings is 1. The van der Waals surface area contributed by atoms with Crippen LogP contribution in [0.2, 0.25) is 0 Å². The Morgan fingerprint density at radius 1 is 0.934 bits per heavy atom. The second kappa shape index (κ2) is 23.4. The maximum atomic E-state index is 14.6. The minimum Gasteiger partial charge on any atom is -0.480 e. The van der Waals surface area contributed by atoms with Gasteiger partial charge < -0.3 is 45.6 Å². The number of methoxy groups -OCH3 is 2. The molecular formula is C46H74N6O9. The van der Waals surface area contributed by atoms with Gasteiger partial charge in [-0.15, -0.1) is 0 Å². The number of nitrogens with zero attached hydrogens (tertiary/aromatic N) is 3. The predicted molar refractivity (Wildman–Crippen MR) is 232 cm³/mol. The first-order valence-electron chi connectivity index (χ1n) is 22.6. The van der Waals surface area contributed by atoms with Crippen LogP contribution in [-0.4, -0.2) is 138 Å². The average Bonchev–Trinajstić information content (AvgIpc) is 4.01. The zero-order valence-corrected chi connectivity index (χ0v) is 37.8. The minimum atomic E-state index is -1.15. The summed E-state index contributed by atoms with van der Waals surface area (Å²) in [6.45, 7) is 10.5. The van der Waals surface area contributed by atoms with E-state index in [1.165, 1.54) is 14.2 Å². The highest BCUT2D eigenvalue weighted by Gasteiger charge is 2.52. The molecule has 2 aliphatic heterocycles. The lowest BCUT2D eigenvalue weighted by Gasteiger charge is -2.41. The number of ether oxygens (including phenoxy) is 2. The normalized spacial score (nSPS) is 23.2. The third-order valence-electron chi connectivity index (χ3n) is 13.6. The number of carbonyl (C=O) groups is 6. The van der Waals surface area contributed by atoms with Gasteiger partial charge in [0.1, 0.15) is 18.1 Å². The van der Waals surface area contributed by atoms with Crippen LogP contribution in [0.1, 0.15) is 111 Å². The molecule has 2 heterocycles. The lowest BCUT2D eigenvalue weighted by atomic mass is 9.89. The summed E-state index contributed by atoms with van der Waals surface area (Å²) in [6, 6.07) is 5.53. The van der Waals surface area contributed by atoms with E-state index in [-0.39, 0.29) is 60.3 Å². The molecular weight excluding hydrogens is 781 g/mol. The van der Waals surface area contributed by atoms with Crippen LogP contribution in [0, 0.1) is 23.7 Å². The largest absolute Gasteiger partial charge is 0.480 e. The second-order valence-electron chi connectivity index (χ2n) is 18.0. The number of aliphatic carboxylic acids is 1. The number of carboxylic acids is 1. The molecule has 15 nitrogen and oxygen atoms in total.